The molecule has 5 nitrogen and oxygen atoms in total. The number of hydrogen-bond acceptors (Lipinski definition) is 4. The number of rotatable bonds is 6. The van der Waals surface area contributed by atoms with Crippen molar-refractivity contribution in [1.82, 2.24) is 5.32 Å². The Labute approximate surface area is 153 Å². The first-order valence-electron chi connectivity index (χ1n) is 9.12. The van der Waals surface area contributed by atoms with E-state index in [0.29, 0.717) is 13.1 Å². The van der Waals surface area contributed by atoms with E-state index in [0.717, 1.165) is 16.7 Å². The lowest BCUT2D eigenvalue weighted by molar-refractivity contribution is -0.126. The lowest BCUT2D eigenvalue weighted by Gasteiger charge is -2.21. The summed E-state index contributed by atoms with van der Waals surface area (Å²) in [6, 6.07) is 6.51. The Hall–Kier alpha value is -1.69. The first kappa shape index (κ1) is 18.1. The summed E-state index contributed by atoms with van der Waals surface area (Å²) in [4.78, 5) is 26.1. The molecule has 2 amide bonds. The molecule has 2 fully saturated rings. The summed E-state index contributed by atoms with van der Waals surface area (Å²) in [5.74, 6) is 0.751. The van der Waals surface area contributed by atoms with Crippen molar-refractivity contribution in [3.63, 3.8) is 0 Å². The molecule has 3 rings (SSSR count). The lowest BCUT2D eigenvalue weighted by Crippen LogP contribution is -2.34. The molecule has 1 aromatic rings. The largest absolute Gasteiger partial charge is 0.508 e. The van der Waals surface area contributed by atoms with Crippen molar-refractivity contribution in [1.29, 1.82) is 0 Å². The van der Waals surface area contributed by atoms with Gasteiger partial charge in [-0.25, -0.2) is 0 Å². The molecule has 0 spiro atoms. The molecule has 1 heterocycles. The molecule has 6 heteroatoms. The van der Waals surface area contributed by atoms with Crippen molar-refractivity contribution in [2.24, 2.45) is 5.92 Å². The average molecular weight is 362 g/mol. The summed E-state index contributed by atoms with van der Waals surface area (Å²) >= 11 is 1.97. The Balaban J connectivity index is 1.42. The maximum absolute atomic E-state index is 12.3. The Morgan fingerprint density at radius 1 is 1.20 bits per heavy atom. The van der Waals surface area contributed by atoms with Crippen LogP contribution in [0.25, 0.3) is 0 Å². The second-order valence-electron chi connectivity index (χ2n) is 6.84. The van der Waals surface area contributed by atoms with Gasteiger partial charge in [-0.15, -0.1) is 0 Å². The van der Waals surface area contributed by atoms with E-state index >= 15 is 0 Å². The van der Waals surface area contributed by atoms with Crippen molar-refractivity contribution in [2.75, 3.05) is 23.7 Å². The first-order chi connectivity index (χ1) is 12.1. The second kappa shape index (κ2) is 8.61. The number of hydrogen-bond donors (Lipinski definition) is 2. The third-order valence-corrected chi connectivity index (χ3v) is 6.35. The van der Waals surface area contributed by atoms with Crippen LogP contribution in [-0.2, 0) is 9.59 Å². The topological polar surface area (TPSA) is 69.6 Å². The summed E-state index contributed by atoms with van der Waals surface area (Å²) in [6.07, 6.45) is 6.89. The highest BCUT2D eigenvalue weighted by atomic mass is 32.2. The molecular formula is C19H26N2O3S. The quantitative estimate of drug-likeness (QED) is 0.764. The highest BCUT2D eigenvalue weighted by Gasteiger charge is 2.34. The predicted molar refractivity (Wildman–Crippen MR) is 101 cm³/mol. The molecule has 0 bridgehead atoms. The van der Waals surface area contributed by atoms with Gasteiger partial charge in [0.2, 0.25) is 11.8 Å². The van der Waals surface area contributed by atoms with Gasteiger partial charge in [-0.3, -0.25) is 9.59 Å². The third kappa shape index (κ3) is 4.91. The zero-order valence-corrected chi connectivity index (χ0v) is 15.3. The molecule has 1 aliphatic heterocycles. The van der Waals surface area contributed by atoms with E-state index in [9.17, 15) is 14.7 Å². The van der Waals surface area contributed by atoms with Crippen LogP contribution in [0.5, 0.6) is 5.75 Å². The molecule has 0 radical (unpaired) electrons. The fourth-order valence-corrected chi connectivity index (χ4v) is 4.76. The summed E-state index contributed by atoms with van der Waals surface area (Å²) < 4.78 is 0. The van der Waals surface area contributed by atoms with Crippen LogP contribution in [0.1, 0.15) is 38.5 Å². The minimum Gasteiger partial charge on any atom is -0.508 e. The van der Waals surface area contributed by atoms with Gasteiger partial charge in [0.05, 0.1) is 5.92 Å². The van der Waals surface area contributed by atoms with Crippen LogP contribution in [0.3, 0.4) is 0 Å². The van der Waals surface area contributed by atoms with E-state index in [1.807, 2.05) is 11.8 Å². The molecule has 1 saturated heterocycles. The van der Waals surface area contributed by atoms with E-state index in [4.69, 9.17) is 0 Å². The minimum absolute atomic E-state index is 0.0288. The lowest BCUT2D eigenvalue weighted by atomic mass is 10.0. The maximum atomic E-state index is 12.3. The third-order valence-electron chi connectivity index (χ3n) is 4.96. The van der Waals surface area contributed by atoms with Gasteiger partial charge < -0.3 is 15.3 Å². The van der Waals surface area contributed by atoms with E-state index in [2.05, 4.69) is 5.32 Å². The Kier molecular flexibility index (Phi) is 6.24. The standard InChI is InChI=1S/C19H26N2O3S/c22-16-8-6-15(7-9-16)21-13-14(12-18(21)23)19(24)20-10-11-25-17-4-2-1-3-5-17/h6-9,14,17,22H,1-5,10-13H2,(H,20,24)/t14-/m0/s1. The van der Waals surface area contributed by atoms with E-state index in [-0.39, 0.29) is 29.9 Å². The monoisotopic (exact) mass is 362 g/mol. The molecule has 1 atom stereocenters. The van der Waals surface area contributed by atoms with E-state index < -0.39 is 0 Å². The number of nitrogens with one attached hydrogen (secondary N) is 1. The molecule has 136 valence electrons. The molecule has 2 aliphatic rings. The Morgan fingerprint density at radius 2 is 1.92 bits per heavy atom. The summed E-state index contributed by atoms with van der Waals surface area (Å²) in [6.45, 7) is 1.08. The summed E-state index contributed by atoms with van der Waals surface area (Å²) in [7, 11) is 0. The maximum Gasteiger partial charge on any atom is 0.227 e. The van der Waals surface area contributed by atoms with Crippen molar-refractivity contribution >= 4 is 29.3 Å². The minimum atomic E-state index is -0.291. The predicted octanol–water partition coefficient (Wildman–Crippen LogP) is 2.93. The van der Waals surface area contributed by atoms with Crippen molar-refractivity contribution in [3.05, 3.63) is 24.3 Å². The number of phenols is 1. The summed E-state index contributed by atoms with van der Waals surface area (Å²) in [5, 5.41) is 13.1. The van der Waals surface area contributed by atoms with Crippen LogP contribution in [0.2, 0.25) is 0 Å². The van der Waals surface area contributed by atoms with Gasteiger partial charge in [-0.2, -0.15) is 11.8 Å². The van der Waals surface area contributed by atoms with Crippen LogP contribution in [0.4, 0.5) is 5.69 Å². The molecule has 1 aromatic carbocycles. The molecule has 2 N–H and O–H groups in total. The number of phenolic OH excluding ortho intramolecular Hbond substituents is 1. The van der Waals surface area contributed by atoms with Crippen molar-refractivity contribution in [3.8, 4) is 5.75 Å². The number of aromatic hydroxyl groups is 1. The number of benzene rings is 1. The molecule has 1 saturated carbocycles. The van der Waals surface area contributed by atoms with Gasteiger partial charge in [-0.1, -0.05) is 19.3 Å². The highest BCUT2D eigenvalue weighted by Crippen LogP contribution is 2.28. The summed E-state index contributed by atoms with van der Waals surface area (Å²) in [5.41, 5.74) is 0.728. The molecule has 1 aliphatic carbocycles. The van der Waals surface area contributed by atoms with E-state index in [1.54, 1.807) is 29.2 Å². The fraction of sp³-hybridized carbons (Fsp3) is 0.579. The highest BCUT2D eigenvalue weighted by molar-refractivity contribution is 7.99. The first-order valence-corrected chi connectivity index (χ1v) is 10.2. The van der Waals surface area contributed by atoms with Crippen LogP contribution >= 0.6 is 11.8 Å². The van der Waals surface area contributed by atoms with E-state index in [1.165, 1.54) is 32.1 Å². The number of nitrogens with zero attached hydrogens (tertiary/aromatic N) is 1. The van der Waals surface area contributed by atoms with Gasteiger partial charge >= 0.3 is 0 Å². The molecule has 25 heavy (non-hydrogen) atoms. The number of thioether (sulfide) groups is 1. The fourth-order valence-electron chi connectivity index (χ4n) is 3.54. The molecular weight excluding hydrogens is 336 g/mol. The Morgan fingerprint density at radius 3 is 2.64 bits per heavy atom. The van der Waals surface area contributed by atoms with Crippen molar-refractivity contribution in [2.45, 2.75) is 43.8 Å². The van der Waals surface area contributed by atoms with Gasteiger partial charge in [0.15, 0.2) is 0 Å². The SMILES string of the molecule is O=C(NCCSC1CCCCC1)[C@H]1CC(=O)N(c2ccc(O)cc2)C1. The van der Waals surface area contributed by atoms with Crippen molar-refractivity contribution < 1.29 is 14.7 Å². The molecule has 0 aromatic heterocycles. The smallest absolute Gasteiger partial charge is 0.227 e. The number of amides is 2. The zero-order chi connectivity index (χ0) is 17.6. The van der Waals surface area contributed by atoms with Gasteiger partial charge in [-0.05, 0) is 37.1 Å². The van der Waals surface area contributed by atoms with Gasteiger partial charge in [0.25, 0.3) is 0 Å². The second-order valence-corrected chi connectivity index (χ2v) is 8.25. The number of carbonyl (C=O) groups is 2. The Bertz CT molecular complexity index is 599. The number of carbonyl (C=O) groups excluding carboxylic acids is 2. The zero-order valence-electron chi connectivity index (χ0n) is 14.4. The normalized spacial score (nSPS) is 21.5. The van der Waals surface area contributed by atoms with Crippen LogP contribution in [-0.4, -0.2) is 41.0 Å². The van der Waals surface area contributed by atoms with Gasteiger partial charge in [0.1, 0.15) is 5.75 Å². The number of anilines is 1. The van der Waals surface area contributed by atoms with Gasteiger partial charge in [0, 0.05) is 36.2 Å². The van der Waals surface area contributed by atoms with Crippen LogP contribution < -0.4 is 10.2 Å². The van der Waals surface area contributed by atoms with Crippen LogP contribution in [0, 0.1) is 5.92 Å². The molecule has 0 unspecified atom stereocenters. The van der Waals surface area contributed by atoms with Crippen LogP contribution in [0.15, 0.2) is 24.3 Å². The average Bonchev–Trinajstić information content (AvgIpc) is 3.02.